The molecular formula is C18H18FNO3. The summed E-state index contributed by atoms with van der Waals surface area (Å²) in [6, 6.07) is 13.0. The number of rotatable bonds is 6. The van der Waals surface area contributed by atoms with Gasteiger partial charge in [-0.1, -0.05) is 29.8 Å². The molecule has 2 rings (SSSR count). The number of benzene rings is 2. The molecule has 0 atom stereocenters. The third-order valence-electron chi connectivity index (χ3n) is 3.24. The second-order valence-electron chi connectivity index (χ2n) is 5.19. The van der Waals surface area contributed by atoms with Crippen molar-refractivity contribution in [2.45, 2.75) is 19.8 Å². The highest BCUT2D eigenvalue weighted by Crippen LogP contribution is 2.11. The molecule has 2 aromatic carbocycles. The lowest BCUT2D eigenvalue weighted by Crippen LogP contribution is -2.32. The molecule has 23 heavy (non-hydrogen) atoms. The Morgan fingerprint density at radius 2 is 1.70 bits per heavy atom. The van der Waals surface area contributed by atoms with E-state index < -0.39 is 5.97 Å². The van der Waals surface area contributed by atoms with Gasteiger partial charge in [0.15, 0.2) is 0 Å². The molecule has 0 bridgehead atoms. The summed E-state index contributed by atoms with van der Waals surface area (Å²) in [5, 5.41) is 2.51. The van der Waals surface area contributed by atoms with Crippen molar-refractivity contribution < 1.29 is 18.7 Å². The number of ether oxygens (including phenoxy) is 1. The first-order valence-electron chi connectivity index (χ1n) is 7.31. The van der Waals surface area contributed by atoms with E-state index in [0.29, 0.717) is 12.2 Å². The van der Waals surface area contributed by atoms with Gasteiger partial charge in [-0.15, -0.1) is 0 Å². The third-order valence-corrected chi connectivity index (χ3v) is 3.24. The molecule has 4 nitrogen and oxygen atoms in total. The Labute approximate surface area is 134 Å². The number of amides is 1. The molecule has 0 radical (unpaired) electrons. The Morgan fingerprint density at radius 1 is 1.04 bits per heavy atom. The van der Waals surface area contributed by atoms with Crippen LogP contribution in [0.25, 0.3) is 0 Å². The second-order valence-corrected chi connectivity index (χ2v) is 5.19. The first kappa shape index (κ1) is 16.7. The van der Waals surface area contributed by atoms with E-state index in [-0.39, 0.29) is 24.7 Å². The normalized spacial score (nSPS) is 10.2. The Hall–Kier alpha value is -2.69. The van der Waals surface area contributed by atoms with Gasteiger partial charge in [-0.3, -0.25) is 4.79 Å². The molecule has 0 saturated heterocycles. The first-order valence-corrected chi connectivity index (χ1v) is 7.31. The fourth-order valence-electron chi connectivity index (χ4n) is 1.94. The molecule has 2 aromatic rings. The lowest BCUT2D eigenvalue weighted by molar-refractivity contribution is -0.135. The van der Waals surface area contributed by atoms with Crippen molar-refractivity contribution >= 4 is 11.9 Å². The number of hydrogen-bond acceptors (Lipinski definition) is 3. The largest absolute Gasteiger partial charge is 0.425 e. The van der Waals surface area contributed by atoms with E-state index in [0.717, 1.165) is 11.1 Å². The van der Waals surface area contributed by atoms with Gasteiger partial charge in [0, 0.05) is 6.42 Å². The first-order chi connectivity index (χ1) is 11.0. The Balaban J connectivity index is 1.70. The van der Waals surface area contributed by atoms with Crippen molar-refractivity contribution in [2.24, 2.45) is 0 Å². The van der Waals surface area contributed by atoms with Crippen LogP contribution in [0.1, 0.15) is 17.5 Å². The van der Waals surface area contributed by atoms with E-state index in [1.807, 2.05) is 19.1 Å². The molecular weight excluding hydrogens is 297 g/mol. The number of halogens is 1. The highest BCUT2D eigenvalue weighted by molar-refractivity contribution is 5.82. The van der Waals surface area contributed by atoms with Crippen molar-refractivity contribution in [1.29, 1.82) is 0 Å². The van der Waals surface area contributed by atoms with Crippen LogP contribution < -0.4 is 10.1 Å². The average molecular weight is 315 g/mol. The van der Waals surface area contributed by atoms with Gasteiger partial charge in [0.1, 0.15) is 18.1 Å². The van der Waals surface area contributed by atoms with Gasteiger partial charge in [0.05, 0.1) is 0 Å². The van der Waals surface area contributed by atoms with Gasteiger partial charge in [0.2, 0.25) is 5.91 Å². The highest BCUT2D eigenvalue weighted by Gasteiger charge is 2.08. The number of aryl methyl sites for hydroxylation is 2. The van der Waals surface area contributed by atoms with Gasteiger partial charge in [0.25, 0.3) is 0 Å². The Bertz CT molecular complexity index is 666. The van der Waals surface area contributed by atoms with Crippen LogP contribution in [0.5, 0.6) is 5.75 Å². The molecule has 0 unspecified atom stereocenters. The lowest BCUT2D eigenvalue weighted by Gasteiger charge is -2.06. The van der Waals surface area contributed by atoms with Crippen molar-refractivity contribution in [3.05, 3.63) is 65.5 Å². The molecule has 0 aliphatic carbocycles. The van der Waals surface area contributed by atoms with Gasteiger partial charge in [-0.25, -0.2) is 9.18 Å². The summed E-state index contributed by atoms with van der Waals surface area (Å²) < 4.78 is 17.9. The molecule has 1 N–H and O–H groups in total. The van der Waals surface area contributed by atoms with Gasteiger partial charge < -0.3 is 10.1 Å². The van der Waals surface area contributed by atoms with E-state index in [2.05, 4.69) is 5.32 Å². The number of carbonyl (C=O) groups is 2. The maximum absolute atomic E-state index is 12.8. The van der Waals surface area contributed by atoms with E-state index in [1.165, 1.54) is 12.1 Å². The highest BCUT2D eigenvalue weighted by atomic mass is 19.1. The van der Waals surface area contributed by atoms with Crippen molar-refractivity contribution in [2.75, 3.05) is 6.54 Å². The molecule has 120 valence electrons. The van der Waals surface area contributed by atoms with Gasteiger partial charge in [-0.2, -0.15) is 0 Å². The molecule has 0 fully saturated rings. The molecule has 0 heterocycles. The van der Waals surface area contributed by atoms with Gasteiger partial charge >= 0.3 is 5.97 Å². The zero-order chi connectivity index (χ0) is 16.7. The van der Waals surface area contributed by atoms with E-state index in [4.69, 9.17) is 4.74 Å². The molecule has 0 aromatic heterocycles. The topological polar surface area (TPSA) is 55.4 Å². The van der Waals surface area contributed by atoms with Crippen molar-refractivity contribution in [1.82, 2.24) is 5.32 Å². The summed E-state index contributed by atoms with van der Waals surface area (Å²) in [4.78, 5) is 23.3. The second kappa shape index (κ2) is 8.08. The van der Waals surface area contributed by atoms with Crippen LogP contribution in [-0.4, -0.2) is 18.4 Å². The number of hydrogen-bond donors (Lipinski definition) is 1. The molecule has 0 aliphatic heterocycles. The Morgan fingerprint density at radius 3 is 2.35 bits per heavy atom. The fourth-order valence-corrected chi connectivity index (χ4v) is 1.94. The molecule has 1 amide bonds. The smallest absolute Gasteiger partial charge is 0.330 e. The summed E-state index contributed by atoms with van der Waals surface area (Å²) in [5.41, 5.74) is 1.93. The van der Waals surface area contributed by atoms with Crippen LogP contribution in [0.3, 0.4) is 0 Å². The minimum absolute atomic E-state index is 0.184. The molecule has 5 heteroatoms. The van der Waals surface area contributed by atoms with Crippen LogP contribution in [0.4, 0.5) is 4.39 Å². The Kier molecular flexibility index (Phi) is 5.86. The van der Waals surface area contributed by atoms with Crippen LogP contribution in [0.15, 0.2) is 48.5 Å². The van der Waals surface area contributed by atoms with Crippen LogP contribution >= 0.6 is 0 Å². The zero-order valence-corrected chi connectivity index (χ0v) is 12.8. The minimum Gasteiger partial charge on any atom is -0.425 e. The van der Waals surface area contributed by atoms with Crippen LogP contribution in [0, 0.1) is 12.7 Å². The standard InChI is InChI=1S/C18H18FNO3/c1-13-2-9-16(10-3-13)23-18(22)12-20-17(21)11-6-14-4-7-15(19)8-5-14/h2-5,7-10H,6,11-12H2,1H3,(H,20,21). The maximum Gasteiger partial charge on any atom is 0.330 e. The van der Waals surface area contributed by atoms with Crippen molar-refractivity contribution in [3.8, 4) is 5.75 Å². The maximum atomic E-state index is 12.8. The predicted octanol–water partition coefficient (Wildman–Crippen LogP) is 2.79. The van der Waals surface area contributed by atoms with E-state index in [9.17, 15) is 14.0 Å². The average Bonchev–Trinajstić information content (AvgIpc) is 2.54. The van der Waals surface area contributed by atoms with E-state index >= 15 is 0 Å². The number of esters is 1. The summed E-state index contributed by atoms with van der Waals surface area (Å²) in [5.74, 6) is -0.641. The summed E-state index contributed by atoms with van der Waals surface area (Å²) in [6.45, 7) is 1.75. The van der Waals surface area contributed by atoms with E-state index in [1.54, 1.807) is 24.3 Å². The SMILES string of the molecule is Cc1ccc(OC(=O)CNC(=O)CCc2ccc(F)cc2)cc1. The van der Waals surface area contributed by atoms with Crippen LogP contribution in [0.2, 0.25) is 0 Å². The molecule has 0 saturated carbocycles. The zero-order valence-electron chi connectivity index (χ0n) is 12.8. The van der Waals surface area contributed by atoms with Crippen LogP contribution in [-0.2, 0) is 16.0 Å². The minimum atomic E-state index is -0.524. The summed E-state index contributed by atoms with van der Waals surface area (Å²) in [6.07, 6.45) is 0.711. The third kappa shape index (κ3) is 5.90. The monoisotopic (exact) mass is 315 g/mol. The summed E-state index contributed by atoms with van der Waals surface area (Å²) >= 11 is 0. The van der Waals surface area contributed by atoms with Crippen molar-refractivity contribution in [3.63, 3.8) is 0 Å². The number of carbonyl (C=O) groups excluding carboxylic acids is 2. The summed E-state index contributed by atoms with van der Waals surface area (Å²) in [7, 11) is 0. The molecule has 0 aliphatic rings. The lowest BCUT2D eigenvalue weighted by atomic mass is 10.1. The van der Waals surface area contributed by atoms with Gasteiger partial charge in [-0.05, 0) is 43.2 Å². The molecule has 0 spiro atoms. The quantitative estimate of drug-likeness (QED) is 0.659. The number of nitrogens with one attached hydrogen (secondary N) is 1. The predicted molar refractivity (Wildman–Crippen MR) is 84.5 cm³/mol. The fraction of sp³-hybridized carbons (Fsp3) is 0.222.